The van der Waals surface area contributed by atoms with Crippen LogP contribution in [0.4, 0.5) is 4.39 Å². The van der Waals surface area contributed by atoms with Crippen LogP contribution in [-0.2, 0) is 4.79 Å². The number of amides is 2. The molecule has 2 aliphatic rings. The second-order valence-electron chi connectivity index (χ2n) is 8.05. The molecule has 3 atom stereocenters. The van der Waals surface area contributed by atoms with Crippen LogP contribution in [0.2, 0.25) is 0 Å². The van der Waals surface area contributed by atoms with Gasteiger partial charge in [0.2, 0.25) is 5.91 Å². The number of halogens is 1. The Bertz CT molecular complexity index is 1140. The van der Waals surface area contributed by atoms with E-state index in [1.165, 1.54) is 35.6 Å². The molecule has 3 heterocycles. The molecular formula is C24H21FN4O3. The Kier molecular flexibility index (Phi) is 5.14. The molecule has 2 fully saturated rings. The molecule has 0 bridgehead atoms. The van der Waals surface area contributed by atoms with Crippen molar-refractivity contribution in [2.75, 3.05) is 19.7 Å². The Labute approximate surface area is 184 Å². The van der Waals surface area contributed by atoms with E-state index in [0.29, 0.717) is 6.54 Å². The number of piperazine rings is 1. The van der Waals surface area contributed by atoms with Crippen molar-refractivity contribution in [3.63, 3.8) is 0 Å². The molecular weight excluding hydrogens is 411 g/mol. The number of carbonyl (C=O) groups excluding carboxylic acids is 2. The Morgan fingerprint density at radius 2 is 1.75 bits per heavy atom. The van der Waals surface area contributed by atoms with Crippen LogP contribution < -0.4 is 0 Å². The summed E-state index contributed by atoms with van der Waals surface area (Å²) in [6.07, 6.45) is 4.33. The summed E-state index contributed by atoms with van der Waals surface area (Å²) in [4.78, 5) is 36.8. The SMILES string of the molecule is O=C(c1cnccn1)N1CC(=O)N2[C@H](C1)[C@@H](c1ccc(-c3ccc(F)cc3)cc1)[C@@H]2CO. The third kappa shape index (κ3) is 3.42. The van der Waals surface area contributed by atoms with E-state index in [0.717, 1.165) is 16.7 Å². The van der Waals surface area contributed by atoms with E-state index in [1.54, 1.807) is 17.0 Å². The third-order valence-electron chi connectivity index (χ3n) is 6.29. The zero-order chi connectivity index (χ0) is 22.2. The summed E-state index contributed by atoms with van der Waals surface area (Å²) in [6, 6.07) is 13.6. The second-order valence-corrected chi connectivity index (χ2v) is 8.05. The van der Waals surface area contributed by atoms with Gasteiger partial charge in [0.1, 0.15) is 18.1 Å². The van der Waals surface area contributed by atoms with Crippen molar-refractivity contribution in [3.8, 4) is 11.1 Å². The molecule has 0 aliphatic carbocycles. The van der Waals surface area contributed by atoms with Gasteiger partial charge in [-0.2, -0.15) is 0 Å². The van der Waals surface area contributed by atoms with Crippen LogP contribution in [0.15, 0.2) is 67.1 Å². The molecule has 7 nitrogen and oxygen atoms in total. The molecule has 1 aromatic heterocycles. The van der Waals surface area contributed by atoms with E-state index < -0.39 is 0 Å². The summed E-state index contributed by atoms with van der Waals surface area (Å²) in [5.41, 5.74) is 3.04. The van der Waals surface area contributed by atoms with Gasteiger partial charge in [0.25, 0.3) is 5.91 Å². The fourth-order valence-electron chi connectivity index (χ4n) is 4.77. The van der Waals surface area contributed by atoms with Crippen molar-refractivity contribution in [3.05, 3.63) is 84.2 Å². The van der Waals surface area contributed by atoms with E-state index in [4.69, 9.17) is 0 Å². The predicted octanol–water partition coefficient (Wildman–Crippen LogP) is 2.09. The smallest absolute Gasteiger partial charge is 0.274 e. The van der Waals surface area contributed by atoms with Crippen molar-refractivity contribution >= 4 is 11.8 Å². The summed E-state index contributed by atoms with van der Waals surface area (Å²) in [6.45, 7) is 0.172. The number of carbonyl (C=O) groups is 2. The molecule has 0 saturated carbocycles. The number of aromatic nitrogens is 2. The molecule has 2 amide bonds. The first kappa shape index (κ1) is 20.3. The van der Waals surface area contributed by atoms with Gasteiger partial charge < -0.3 is 14.9 Å². The fraction of sp³-hybridized carbons (Fsp3) is 0.250. The summed E-state index contributed by atoms with van der Waals surface area (Å²) in [7, 11) is 0. The minimum atomic E-state index is -0.330. The van der Waals surface area contributed by atoms with E-state index in [9.17, 15) is 19.1 Å². The number of benzene rings is 2. The van der Waals surface area contributed by atoms with Crippen LogP contribution in [0.25, 0.3) is 11.1 Å². The van der Waals surface area contributed by atoms with Crippen LogP contribution >= 0.6 is 0 Å². The molecule has 8 heteroatoms. The molecule has 2 aliphatic heterocycles. The Hall–Kier alpha value is -3.65. The van der Waals surface area contributed by atoms with Crippen LogP contribution in [0.5, 0.6) is 0 Å². The molecule has 3 aromatic rings. The highest BCUT2D eigenvalue weighted by molar-refractivity contribution is 5.96. The average Bonchev–Trinajstić information content (AvgIpc) is 2.81. The number of rotatable bonds is 4. The van der Waals surface area contributed by atoms with Gasteiger partial charge >= 0.3 is 0 Å². The lowest BCUT2D eigenvalue weighted by Gasteiger charge is -2.58. The lowest BCUT2D eigenvalue weighted by molar-refractivity contribution is -0.159. The Morgan fingerprint density at radius 1 is 1.06 bits per heavy atom. The molecule has 32 heavy (non-hydrogen) atoms. The van der Waals surface area contributed by atoms with Gasteiger partial charge in [-0.1, -0.05) is 36.4 Å². The van der Waals surface area contributed by atoms with Crippen LogP contribution in [0, 0.1) is 5.82 Å². The standard InChI is InChI=1S/C24H21FN4O3/c25-18-7-5-16(6-8-18)15-1-3-17(4-2-15)23-20-12-28(13-22(31)29(20)21(23)14-30)24(32)19-11-26-9-10-27-19/h1-11,20-21,23,30H,12-14H2/t20-,21+,23-/m1/s1. The van der Waals surface area contributed by atoms with E-state index >= 15 is 0 Å². The summed E-state index contributed by atoms with van der Waals surface area (Å²) in [5.74, 6) is -0.891. The van der Waals surface area contributed by atoms with Gasteiger partial charge in [0, 0.05) is 24.9 Å². The highest BCUT2D eigenvalue weighted by Crippen LogP contribution is 2.43. The molecule has 5 rings (SSSR count). The highest BCUT2D eigenvalue weighted by Gasteiger charge is 2.54. The maximum atomic E-state index is 13.2. The van der Waals surface area contributed by atoms with Gasteiger partial charge in [-0.3, -0.25) is 14.6 Å². The minimum absolute atomic E-state index is 0.0430. The van der Waals surface area contributed by atoms with Gasteiger partial charge in [-0.25, -0.2) is 9.37 Å². The van der Waals surface area contributed by atoms with Crippen molar-refractivity contribution < 1.29 is 19.1 Å². The molecule has 2 aromatic carbocycles. The number of fused-ring (bicyclic) bond motifs is 1. The second kappa shape index (κ2) is 8.12. The molecule has 1 N–H and O–H groups in total. The highest BCUT2D eigenvalue weighted by atomic mass is 19.1. The molecule has 0 spiro atoms. The van der Waals surface area contributed by atoms with Crippen molar-refractivity contribution in [1.29, 1.82) is 0 Å². The number of hydrogen-bond donors (Lipinski definition) is 1. The number of hydrogen-bond acceptors (Lipinski definition) is 5. The van der Waals surface area contributed by atoms with Crippen LogP contribution in [0.3, 0.4) is 0 Å². The molecule has 0 unspecified atom stereocenters. The van der Waals surface area contributed by atoms with Gasteiger partial charge in [-0.05, 0) is 28.8 Å². The van der Waals surface area contributed by atoms with Crippen molar-refractivity contribution in [2.24, 2.45) is 0 Å². The largest absolute Gasteiger partial charge is 0.394 e. The summed E-state index contributed by atoms with van der Waals surface area (Å²) in [5, 5.41) is 9.96. The lowest BCUT2D eigenvalue weighted by atomic mass is 9.73. The van der Waals surface area contributed by atoms with Crippen molar-refractivity contribution in [2.45, 2.75) is 18.0 Å². The normalized spacial score (nSPS) is 22.3. The van der Waals surface area contributed by atoms with Crippen molar-refractivity contribution in [1.82, 2.24) is 19.8 Å². The van der Waals surface area contributed by atoms with Crippen LogP contribution in [0.1, 0.15) is 22.0 Å². The van der Waals surface area contributed by atoms with E-state index in [1.807, 2.05) is 24.3 Å². The molecule has 0 radical (unpaired) electrons. The molecule has 2 saturated heterocycles. The number of aliphatic hydroxyl groups is 1. The zero-order valence-electron chi connectivity index (χ0n) is 17.1. The first-order valence-electron chi connectivity index (χ1n) is 10.4. The zero-order valence-corrected chi connectivity index (χ0v) is 17.1. The number of nitrogens with zero attached hydrogens (tertiary/aromatic N) is 4. The Balaban J connectivity index is 1.38. The van der Waals surface area contributed by atoms with Gasteiger partial charge in [0.15, 0.2) is 0 Å². The van der Waals surface area contributed by atoms with Crippen LogP contribution in [-0.4, -0.2) is 68.5 Å². The fourth-order valence-corrected chi connectivity index (χ4v) is 4.77. The summed E-state index contributed by atoms with van der Waals surface area (Å²) < 4.78 is 13.2. The maximum Gasteiger partial charge on any atom is 0.274 e. The monoisotopic (exact) mass is 432 g/mol. The lowest BCUT2D eigenvalue weighted by Crippen LogP contribution is -2.73. The van der Waals surface area contributed by atoms with E-state index in [-0.39, 0.29) is 54.5 Å². The predicted molar refractivity (Wildman–Crippen MR) is 114 cm³/mol. The average molecular weight is 432 g/mol. The van der Waals surface area contributed by atoms with Gasteiger partial charge in [-0.15, -0.1) is 0 Å². The first-order valence-corrected chi connectivity index (χ1v) is 10.4. The van der Waals surface area contributed by atoms with E-state index in [2.05, 4.69) is 9.97 Å². The number of aliphatic hydroxyl groups excluding tert-OH is 1. The quantitative estimate of drug-likeness (QED) is 0.682. The third-order valence-corrected chi connectivity index (χ3v) is 6.29. The summed E-state index contributed by atoms with van der Waals surface area (Å²) >= 11 is 0. The molecule has 162 valence electrons. The topological polar surface area (TPSA) is 86.6 Å². The first-order chi connectivity index (χ1) is 15.6. The minimum Gasteiger partial charge on any atom is -0.394 e. The Morgan fingerprint density at radius 3 is 2.38 bits per heavy atom. The maximum absolute atomic E-state index is 13.2. The van der Waals surface area contributed by atoms with Gasteiger partial charge in [0.05, 0.1) is 24.9 Å².